The first-order valence-corrected chi connectivity index (χ1v) is 8.79. The molecule has 1 fully saturated rings. The van der Waals surface area contributed by atoms with Crippen molar-refractivity contribution < 1.29 is 0 Å². The molecule has 3 rings (SSSR count). The molecule has 23 heavy (non-hydrogen) atoms. The summed E-state index contributed by atoms with van der Waals surface area (Å²) in [5.74, 6) is 0. The molecule has 1 aliphatic rings. The Morgan fingerprint density at radius 2 is 1.65 bits per heavy atom. The molecule has 2 heteroatoms. The fourth-order valence-corrected chi connectivity index (χ4v) is 3.52. The Kier molecular flexibility index (Phi) is 5.47. The number of hydrogen-bond donors (Lipinski definition) is 0. The van der Waals surface area contributed by atoms with E-state index in [1.807, 2.05) is 0 Å². The van der Waals surface area contributed by atoms with Gasteiger partial charge >= 0.3 is 0 Å². The van der Waals surface area contributed by atoms with Gasteiger partial charge in [0.2, 0.25) is 0 Å². The number of likely N-dealkylation sites (N-methyl/N-ethyl adjacent to an activating group) is 1. The van der Waals surface area contributed by atoms with Crippen LogP contribution in [-0.2, 0) is 19.5 Å². The summed E-state index contributed by atoms with van der Waals surface area (Å²) in [6.07, 6.45) is 2.38. The third kappa shape index (κ3) is 4.43. The third-order valence-corrected chi connectivity index (χ3v) is 4.90. The number of benzene rings is 2. The number of likely N-dealkylation sites (tertiary alicyclic amines) is 1. The first-order chi connectivity index (χ1) is 11.2. The van der Waals surface area contributed by atoms with E-state index in [4.69, 9.17) is 0 Å². The standard InChI is InChI=1S/C21H28N2/c1-3-18-10-7-11-20(14-18)16-23(21-12-13-22(2)17-21)15-19-8-5-4-6-9-19/h4-11,14,21H,3,12-13,15-17H2,1-2H3/t21-/m1/s1. The quantitative estimate of drug-likeness (QED) is 0.797. The summed E-state index contributed by atoms with van der Waals surface area (Å²) in [4.78, 5) is 5.11. The Morgan fingerprint density at radius 3 is 2.35 bits per heavy atom. The summed E-state index contributed by atoms with van der Waals surface area (Å²) >= 11 is 0. The van der Waals surface area contributed by atoms with Gasteiger partial charge in [-0.05, 0) is 43.1 Å². The summed E-state index contributed by atoms with van der Waals surface area (Å²) in [5, 5.41) is 0. The van der Waals surface area contributed by atoms with Gasteiger partial charge < -0.3 is 4.90 Å². The topological polar surface area (TPSA) is 6.48 Å². The highest BCUT2D eigenvalue weighted by atomic mass is 15.2. The van der Waals surface area contributed by atoms with Gasteiger partial charge in [-0.2, -0.15) is 0 Å². The lowest BCUT2D eigenvalue weighted by atomic mass is 10.1. The van der Waals surface area contributed by atoms with Crippen LogP contribution in [0.3, 0.4) is 0 Å². The van der Waals surface area contributed by atoms with Gasteiger partial charge in [0.15, 0.2) is 0 Å². The number of nitrogens with zero attached hydrogens (tertiary/aromatic N) is 2. The first-order valence-electron chi connectivity index (χ1n) is 8.79. The van der Waals surface area contributed by atoms with Gasteiger partial charge in [-0.1, -0.05) is 61.5 Å². The lowest BCUT2D eigenvalue weighted by Crippen LogP contribution is -2.36. The van der Waals surface area contributed by atoms with Crippen LogP contribution in [0.25, 0.3) is 0 Å². The van der Waals surface area contributed by atoms with Crippen molar-refractivity contribution in [3.63, 3.8) is 0 Å². The minimum absolute atomic E-state index is 0.658. The maximum Gasteiger partial charge on any atom is 0.0242 e. The van der Waals surface area contributed by atoms with Crippen LogP contribution in [0.2, 0.25) is 0 Å². The smallest absolute Gasteiger partial charge is 0.0242 e. The van der Waals surface area contributed by atoms with E-state index in [1.165, 1.54) is 36.2 Å². The zero-order valence-corrected chi connectivity index (χ0v) is 14.4. The first kappa shape index (κ1) is 16.2. The Bertz CT molecular complexity index is 608. The van der Waals surface area contributed by atoms with E-state index in [0.29, 0.717) is 6.04 Å². The van der Waals surface area contributed by atoms with Gasteiger partial charge in [-0.3, -0.25) is 4.90 Å². The average molecular weight is 308 g/mol. The molecule has 0 bridgehead atoms. The number of hydrogen-bond acceptors (Lipinski definition) is 2. The molecule has 2 nitrogen and oxygen atoms in total. The SMILES string of the molecule is CCc1cccc(CN(Cc2ccccc2)[C@@H]2CCN(C)C2)c1. The second kappa shape index (κ2) is 7.76. The second-order valence-corrected chi connectivity index (χ2v) is 6.77. The molecular weight excluding hydrogens is 280 g/mol. The fraction of sp³-hybridized carbons (Fsp3) is 0.429. The summed E-state index contributed by atoms with van der Waals surface area (Å²) in [6.45, 7) is 6.70. The third-order valence-electron chi connectivity index (χ3n) is 4.90. The monoisotopic (exact) mass is 308 g/mol. The van der Waals surface area contributed by atoms with Crippen molar-refractivity contribution in [1.82, 2.24) is 9.80 Å². The van der Waals surface area contributed by atoms with Crippen molar-refractivity contribution in [2.24, 2.45) is 0 Å². The minimum atomic E-state index is 0.658. The molecule has 1 atom stereocenters. The lowest BCUT2D eigenvalue weighted by Gasteiger charge is -2.29. The molecule has 1 heterocycles. The Labute approximate surface area is 140 Å². The van der Waals surface area contributed by atoms with Crippen LogP contribution in [0.15, 0.2) is 54.6 Å². The van der Waals surface area contributed by atoms with Crippen molar-refractivity contribution in [1.29, 1.82) is 0 Å². The summed E-state index contributed by atoms with van der Waals surface area (Å²) in [6, 6.07) is 20.6. The predicted octanol–water partition coefficient (Wildman–Crippen LogP) is 3.96. The van der Waals surface area contributed by atoms with E-state index in [0.717, 1.165) is 19.5 Å². The summed E-state index contributed by atoms with van der Waals surface area (Å²) in [5.41, 5.74) is 4.29. The van der Waals surface area contributed by atoms with Crippen molar-refractivity contribution >= 4 is 0 Å². The van der Waals surface area contributed by atoms with Crippen LogP contribution in [0.4, 0.5) is 0 Å². The average Bonchev–Trinajstić information content (AvgIpc) is 3.02. The van der Waals surface area contributed by atoms with E-state index in [9.17, 15) is 0 Å². The van der Waals surface area contributed by atoms with Crippen LogP contribution in [0.1, 0.15) is 30.0 Å². The zero-order valence-electron chi connectivity index (χ0n) is 14.4. The van der Waals surface area contributed by atoms with Crippen molar-refractivity contribution in [3.05, 3.63) is 71.3 Å². The van der Waals surface area contributed by atoms with Crippen LogP contribution in [0, 0.1) is 0 Å². The van der Waals surface area contributed by atoms with Crippen molar-refractivity contribution in [2.45, 2.75) is 38.9 Å². The number of rotatable bonds is 6. The maximum absolute atomic E-state index is 2.66. The summed E-state index contributed by atoms with van der Waals surface area (Å²) < 4.78 is 0. The molecule has 1 aliphatic heterocycles. The Morgan fingerprint density at radius 1 is 0.957 bits per heavy atom. The normalized spacial score (nSPS) is 18.7. The van der Waals surface area contributed by atoms with Crippen molar-refractivity contribution in [3.8, 4) is 0 Å². The van der Waals surface area contributed by atoms with Gasteiger partial charge in [-0.15, -0.1) is 0 Å². The molecule has 122 valence electrons. The second-order valence-electron chi connectivity index (χ2n) is 6.77. The van der Waals surface area contributed by atoms with Crippen LogP contribution < -0.4 is 0 Å². The number of aryl methyl sites for hydroxylation is 1. The van der Waals surface area contributed by atoms with E-state index in [1.54, 1.807) is 0 Å². The van der Waals surface area contributed by atoms with Crippen LogP contribution in [-0.4, -0.2) is 36.0 Å². The molecule has 0 aromatic heterocycles. The van der Waals surface area contributed by atoms with Gasteiger partial charge in [0.05, 0.1) is 0 Å². The van der Waals surface area contributed by atoms with Crippen molar-refractivity contribution in [2.75, 3.05) is 20.1 Å². The van der Waals surface area contributed by atoms with Gasteiger partial charge in [0.25, 0.3) is 0 Å². The van der Waals surface area contributed by atoms with Gasteiger partial charge in [0, 0.05) is 25.7 Å². The highest BCUT2D eigenvalue weighted by molar-refractivity contribution is 5.24. The molecule has 0 spiro atoms. The van der Waals surface area contributed by atoms with E-state index >= 15 is 0 Å². The Hall–Kier alpha value is -1.64. The highest BCUT2D eigenvalue weighted by Gasteiger charge is 2.25. The molecule has 2 aromatic carbocycles. The highest BCUT2D eigenvalue weighted by Crippen LogP contribution is 2.20. The summed E-state index contributed by atoms with van der Waals surface area (Å²) in [7, 11) is 2.23. The molecular formula is C21H28N2. The van der Waals surface area contributed by atoms with Crippen LogP contribution >= 0.6 is 0 Å². The molecule has 1 saturated heterocycles. The minimum Gasteiger partial charge on any atom is -0.305 e. The molecule has 0 N–H and O–H groups in total. The van der Waals surface area contributed by atoms with E-state index in [2.05, 4.69) is 78.4 Å². The largest absolute Gasteiger partial charge is 0.305 e. The molecule has 0 radical (unpaired) electrons. The maximum atomic E-state index is 2.66. The molecule has 0 saturated carbocycles. The van der Waals surface area contributed by atoms with E-state index < -0.39 is 0 Å². The molecule has 0 amide bonds. The predicted molar refractivity (Wildman–Crippen MR) is 97.4 cm³/mol. The molecule has 0 unspecified atom stereocenters. The van der Waals surface area contributed by atoms with E-state index in [-0.39, 0.29) is 0 Å². The lowest BCUT2D eigenvalue weighted by molar-refractivity contribution is 0.180. The Balaban J connectivity index is 1.76. The molecule has 2 aromatic rings. The van der Waals surface area contributed by atoms with Crippen LogP contribution in [0.5, 0.6) is 0 Å². The molecule has 0 aliphatic carbocycles. The van der Waals surface area contributed by atoms with Gasteiger partial charge in [-0.25, -0.2) is 0 Å². The zero-order chi connectivity index (χ0) is 16.1. The van der Waals surface area contributed by atoms with Gasteiger partial charge in [0.1, 0.15) is 0 Å². The fourth-order valence-electron chi connectivity index (χ4n) is 3.52.